The first-order valence-electron chi connectivity index (χ1n) is 10.7. The molecule has 1 heterocycles. The van der Waals surface area contributed by atoms with Gasteiger partial charge < -0.3 is 9.47 Å². The lowest BCUT2D eigenvalue weighted by atomic mass is 9.65. The van der Waals surface area contributed by atoms with Crippen LogP contribution in [0.15, 0.2) is 34.8 Å². The number of Topliss-reactive ketones (excluding diaryl/α,β-unsaturated/α-hetero) is 2. The second-order valence-electron chi connectivity index (χ2n) is 10.3. The van der Waals surface area contributed by atoms with E-state index >= 15 is 0 Å². The fourth-order valence-electron chi connectivity index (χ4n) is 5.08. The number of ketones is 2. The third-order valence-electron chi connectivity index (χ3n) is 6.22. The summed E-state index contributed by atoms with van der Waals surface area (Å²) < 4.78 is 12.2. The van der Waals surface area contributed by atoms with Crippen molar-refractivity contribution in [3.05, 3.63) is 50.4 Å². The van der Waals surface area contributed by atoms with Crippen LogP contribution in [-0.2, 0) is 14.3 Å². The van der Waals surface area contributed by atoms with Crippen molar-refractivity contribution in [2.24, 2.45) is 10.8 Å². The summed E-state index contributed by atoms with van der Waals surface area (Å²) in [4.78, 5) is 26.8. The Hall–Kier alpha value is -1.78. The van der Waals surface area contributed by atoms with Crippen LogP contribution in [0.4, 0.5) is 0 Å². The molecule has 1 aromatic carbocycles. The zero-order valence-corrected chi connectivity index (χ0v) is 20.2. The number of ether oxygens (including phenoxy) is 2. The van der Waals surface area contributed by atoms with Crippen LogP contribution < -0.4 is 4.74 Å². The summed E-state index contributed by atoms with van der Waals surface area (Å²) in [5, 5.41) is 0.804. The lowest BCUT2D eigenvalue weighted by Gasteiger charge is -2.43. The highest BCUT2D eigenvalue weighted by atomic mass is 35.5. The van der Waals surface area contributed by atoms with Gasteiger partial charge in [0.2, 0.25) is 0 Å². The third kappa shape index (κ3) is 4.05. The zero-order chi connectivity index (χ0) is 22.7. The third-order valence-corrected chi connectivity index (χ3v) is 6.72. The number of carbonyl (C=O) groups excluding carboxylic acids is 2. The molecule has 31 heavy (non-hydrogen) atoms. The van der Waals surface area contributed by atoms with Gasteiger partial charge in [-0.1, -0.05) is 50.9 Å². The normalized spacial score (nSPS) is 22.8. The first kappa shape index (κ1) is 22.4. The number of halogens is 2. The topological polar surface area (TPSA) is 52.6 Å². The molecule has 4 rings (SSSR count). The maximum absolute atomic E-state index is 13.4. The maximum atomic E-state index is 13.4. The summed E-state index contributed by atoms with van der Waals surface area (Å²) in [7, 11) is 0. The highest BCUT2D eigenvalue weighted by Crippen LogP contribution is 2.55. The average Bonchev–Trinajstić information content (AvgIpc) is 2.60. The molecular weight excluding hydrogens is 435 g/mol. The van der Waals surface area contributed by atoms with Crippen molar-refractivity contribution in [3.8, 4) is 5.75 Å². The molecule has 0 saturated carbocycles. The fraction of sp³-hybridized carbons (Fsp3) is 0.520. The fourth-order valence-corrected chi connectivity index (χ4v) is 5.64. The predicted molar refractivity (Wildman–Crippen MR) is 122 cm³/mol. The first-order valence-corrected chi connectivity index (χ1v) is 11.5. The van der Waals surface area contributed by atoms with Gasteiger partial charge in [0.05, 0.1) is 17.5 Å². The summed E-state index contributed by atoms with van der Waals surface area (Å²) in [6.45, 7) is 10.5. The Morgan fingerprint density at radius 2 is 1.45 bits per heavy atom. The largest absolute Gasteiger partial charge is 0.492 e. The highest BCUT2D eigenvalue weighted by molar-refractivity contribution is 6.35. The van der Waals surface area contributed by atoms with Gasteiger partial charge in [-0.2, -0.15) is 0 Å². The number of rotatable bonds is 3. The molecule has 0 N–H and O–H groups in total. The Labute approximate surface area is 193 Å². The smallest absolute Gasteiger partial charge is 0.163 e. The van der Waals surface area contributed by atoms with Gasteiger partial charge in [0.25, 0.3) is 0 Å². The van der Waals surface area contributed by atoms with Gasteiger partial charge in [-0.3, -0.25) is 9.59 Å². The Kier molecular flexibility index (Phi) is 5.54. The van der Waals surface area contributed by atoms with Crippen molar-refractivity contribution in [3.63, 3.8) is 0 Å². The molecule has 1 aliphatic heterocycles. The van der Waals surface area contributed by atoms with Crippen LogP contribution >= 0.6 is 23.2 Å². The second kappa shape index (κ2) is 7.67. The summed E-state index contributed by atoms with van der Waals surface area (Å²) in [5.74, 6) is 1.21. The number of hydrogen-bond acceptors (Lipinski definition) is 4. The van der Waals surface area contributed by atoms with Gasteiger partial charge in [-0.25, -0.2) is 0 Å². The molecule has 0 unspecified atom stereocenters. The average molecular weight is 463 g/mol. The van der Waals surface area contributed by atoms with Crippen LogP contribution in [0.3, 0.4) is 0 Å². The number of carbonyl (C=O) groups is 2. The van der Waals surface area contributed by atoms with Gasteiger partial charge in [-0.05, 0) is 29.9 Å². The predicted octanol–water partition coefficient (Wildman–Crippen LogP) is 6.79. The van der Waals surface area contributed by atoms with Crippen LogP contribution in [0.25, 0.3) is 0 Å². The molecule has 0 amide bonds. The first-order chi connectivity index (χ1) is 14.4. The van der Waals surface area contributed by atoms with E-state index in [2.05, 4.69) is 27.7 Å². The van der Waals surface area contributed by atoms with Crippen LogP contribution in [0, 0.1) is 10.8 Å². The standard InChI is InChI=1S/C25H28Cl2O4/c1-6-30-23-14(7-13(26)8-15(23)27)20-21-16(28)9-24(2,3)11-18(21)31-19-12-25(4,5)10-17(29)22(19)20/h7-8,20H,6,9-12H2,1-5H3. The van der Waals surface area contributed by atoms with Gasteiger partial charge in [-0.15, -0.1) is 0 Å². The minimum Gasteiger partial charge on any atom is -0.492 e. The molecule has 0 atom stereocenters. The van der Waals surface area contributed by atoms with E-state index in [0.29, 0.717) is 76.3 Å². The summed E-state index contributed by atoms with van der Waals surface area (Å²) in [6, 6.07) is 3.39. The molecule has 0 bridgehead atoms. The van der Waals surface area contributed by atoms with Crippen LogP contribution in [0.2, 0.25) is 10.0 Å². The molecule has 0 fully saturated rings. The molecule has 1 aromatic rings. The Balaban J connectivity index is 1.99. The lowest BCUT2D eigenvalue weighted by molar-refractivity contribution is -0.120. The molecule has 3 aliphatic rings. The van der Waals surface area contributed by atoms with Gasteiger partial charge >= 0.3 is 0 Å². The Morgan fingerprint density at radius 3 is 1.94 bits per heavy atom. The Bertz CT molecular complexity index is 994. The van der Waals surface area contributed by atoms with Crippen molar-refractivity contribution in [1.82, 2.24) is 0 Å². The van der Waals surface area contributed by atoms with Crippen molar-refractivity contribution in [1.29, 1.82) is 0 Å². The molecule has 166 valence electrons. The van der Waals surface area contributed by atoms with Gasteiger partial charge in [0, 0.05) is 47.4 Å². The zero-order valence-electron chi connectivity index (χ0n) is 18.7. The molecule has 2 aliphatic carbocycles. The van der Waals surface area contributed by atoms with Gasteiger partial charge in [0.1, 0.15) is 17.3 Å². The van der Waals surface area contributed by atoms with Crippen LogP contribution in [0.1, 0.15) is 71.8 Å². The molecular formula is C25H28Cl2O4. The lowest BCUT2D eigenvalue weighted by Crippen LogP contribution is -2.37. The second-order valence-corrected chi connectivity index (χ2v) is 11.2. The van der Waals surface area contributed by atoms with E-state index in [1.165, 1.54) is 0 Å². The van der Waals surface area contributed by atoms with E-state index in [1.807, 2.05) is 6.92 Å². The highest BCUT2D eigenvalue weighted by Gasteiger charge is 2.48. The molecule has 0 saturated heterocycles. The molecule has 0 radical (unpaired) electrons. The van der Waals surface area contributed by atoms with E-state index in [-0.39, 0.29) is 22.4 Å². The van der Waals surface area contributed by atoms with Crippen molar-refractivity contribution >= 4 is 34.8 Å². The molecule has 6 heteroatoms. The minimum absolute atomic E-state index is 0.000944. The Morgan fingerprint density at radius 1 is 0.935 bits per heavy atom. The van der Waals surface area contributed by atoms with E-state index in [4.69, 9.17) is 32.7 Å². The van der Waals surface area contributed by atoms with E-state index < -0.39 is 5.92 Å². The SMILES string of the molecule is CCOc1c(Cl)cc(Cl)cc1C1C2=C(CC(C)(C)CC2=O)OC2=C1C(=O)CC(C)(C)C2. The monoisotopic (exact) mass is 462 g/mol. The summed E-state index contributed by atoms with van der Waals surface area (Å²) in [5.41, 5.74) is 1.34. The van der Waals surface area contributed by atoms with Crippen molar-refractivity contribution in [2.75, 3.05) is 6.61 Å². The van der Waals surface area contributed by atoms with Crippen molar-refractivity contribution < 1.29 is 19.1 Å². The molecule has 0 aromatic heterocycles. The maximum Gasteiger partial charge on any atom is 0.163 e. The van der Waals surface area contributed by atoms with Crippen LogP contribution in [0.5, 0.6) is 5.75 Å². The molecule has 0 spiro atoms. The quantitative estimate of drug-likeness (QED) is 0.495. The molecule has 4 nitrogen and oxygen atoms in total. The number of allylic oxidation sites excluding steroid dienone is 4. The van der Waals surface area contributed by atoms with E-state index in [0.717, 1.165) is 0 Å². The van der Waals surface area contributed by atoms with E-state index in [1.54, 1.807) is 12.1 Å². The number of hydrogen-bond donors (Lipinski definition) is 0. The number of benzene rings is 1. The summed E-state index contributed by atoms with van der Waals surface area (Å²) in [6.07, 6.45) is 2.06. The van der Waals surface area contributed by atoms with Crippen molar-refractivity contribution in [2.45, 2.75) is 66.2 Å². The summed E-state index contributed by atoms with van der Waals surface area (Å²) >= 11 is 12.9. The van der Waals surface area contributed by atoms with Crippen LogP contribution in [-0.4, -0.2) is 18.2 Å². The van der Waals surface area contributed by atoms with E-state index in [9.17, 15) is 9.59 Å². The van der Waals surface area contributed by atoms with Gasteiger partial charge in [0.15, 0.2) is 11.6 Å². The minimum atomic E-state index is -0.580.